The third-order valence-corrected chi connectivity index (χ3v) is 4.50. The summed E-state index contributed by atoms with van der Waals surface area (Å²) >= 11 is 5.99. The van der Waals surface area contributed by atoms with Crippen LogP contribution in [0.2, 0.25) is 5.02 Å². The van der Waals surface area contributed by atoms with Crippen LogP contribution in [0.5, 0.6) is 0 Å². The molecule has 0 spiro atoms. The third kappa shape index (κ3) is 3.53. The fourth-order valence-electron chi connectivity index (χ4n) is 2.67. The Kier molecular flexibility index (Phi) is 4.71. The van der Waals surface area contributed by atoms with Crippen LogP contribution in [0, 0.1) is 6.92 Å². The molecular formula is C16H23ClN2O. The van der Waals surface area contributed by atoms with E-state index in [2.05, 4.69) is 24.1 Å². The fraction of sp³-hybridized carbons (Fsp3) is 0.562. The molecular weight excluding hydrogens is 272 g/mol. The highest BCUT2D eigenvalue weighted by molar-refractivity contribution is 6.31. The molecule has 0 radical (unpaired) electrons. The Bertz CT molecular complexity index is 493. The van der Waals surface area contributed by atoms with Crippen LogP contribution in [0.1, 0.15) is 42.6 Å². The normalized spacial score (nSPS) is 18.8. The van der Waals surface area contributed by atoms with Crippen LogP contribution in [-0.2, 0) is 0 Å². The predicted molar refractivity (Wildman–Crippen MR) is 83.4 cm³/mol. The van der Waals surface area contributed by atoms with Gasteiger partial charge in [0, 0.05) is 29.2 Å². The Morgan fingerprint density at radius 2 is 2.05 bits per heavy atom. The van der Waals surface area contributed by atoms with Crippen LogP contribution in [-0.4, -0.2) is 36.0 Å². The van der Waals surface area contributed by atoms with Gasteiger partial charge in [-0.25, -0.2) is 0 Å². The van der Waals surface area contributed by atoms with Gasteiger partial charge in [-0.15, -0.1) is 0 Å². The largest absolute Gasteiger partial charge is 0.347 e. The molecule has 0 aromatic heterocycles. The zero-order valence-electron chi connectivity index (χ0n) is 12.5. The molecule has 2 rings (SSSR count). The number of carbonyl (C=O) groups is 1. The summed E-state index contributed by atoms with van der Waals surface area (Å²) in [5.74, 6) is -0.0163. The highest BCUT2D eigenvalue weighted by Gasteiger charge is 2.31. The van der Waals surface area contributed by atoms with Gasteiger partial charge >= 0.3 is 0 Å². The number of hydrogen-bond acceptors (Lipinski definition) is 2. The van der Waals surface area contributed by atoms with E-state index in [1.54, 1.807) is 6.07 Å². The third-order valence-electron chi connectivity index (χ3n) is 4.27. The molecule has 1 aromatic carbocycles. The van der Waals surface area contributed by atoms with E-state index < -0.39 is 0 Å². The van der Waals surface area contributed by atoms with Crippen molar-refractivity contribution in [3.63, 3.8) is 0 Å². The highest BCUT2D eigenvalue weighted by atomic mass is 35.5. The first-order chi connectivity index (χ1) is 9.43. The average molecular weight is 295 g/mol. The van der Waals surface area contributed by atoms with Crippen LogP contribution < -0.4 is 5.32 Å². The van der Waals surface area contributed by atoms with Crippen molar-refractivity contribution in [2.75, 3.05) is 19.6 Å². The van der Waals surface area contributed by atoms with Crippen molar-refractivity contribution in [3.8, 4) is 0 Å². The van der Waals surface area contributed by atoms with E-state index in [-0.39, 0.29) is 11.4 Å². The molecule has 0 aliphatic carbocycles. The van der Waals surface area contributed by atoms with E-state index >= 15 is 0 Å². The summed E-state index contributed by atoms with van der Waals surface area (Å²) < 4.78 is 0. The second-order valence-corrected chi connectivity index (χ2v) is 6.34. The van der Waals surface area contributed by atoms with Gasteiger partial charge in [-0.1, -0.05) is 24.6 Å². The van der Waals surface area contributed by atoms with E-state index in [0.717, 1.165) is 38.0 Å². The van der Waals surface area contributed by atoms with E-state index in [9.17, 15) is 4.79 Å². The molecule has 1 aromatic rings. The summed E-state index contributed by atoms with van der Waals surface area (Å²) in [5.41, 5.74) is 1.52. The maximum absolute atomic E-state index is 12.5. The molecule has 1 aliphatic rings. The first kappa shape index (κ1) is 15.3. The quantitative estimate of drug-likeness (QED) is 0.928. The van der Waals surface area contributed by atoms with Gasteiger partial charge in [0.05, 0.1) is 0 Å². The molecule has 4 heteroatoms. The molecule has 0 atom stereocenters. The van der Waals surface area contributed by atoms with Crippen molar-refractivity contribution in [2.45, 2.75) is 39.2 Å². The van der Waals surface area contributed by atoms with Gasteiger partial charge in [0.25, 0.3) is 5.91 Å². The smallest absolute Gasteiger partial charge is 0.252 e. The van der Waals surface area contributed by atoms with Crippen molar-refractivity contribution >= 4 is 17.5 Å². The van der Waals surface area contributed by atoms with Crippen molar-refractivity contribution in [3.05, 3.63) is 34.3 Å². The number of hydrogen-bond donors (Lipinski definition) is 1. The molecule has 3 nitrogen and oxygen atoms in total. The van der Waals surface area contributed by atoms with Crippen molar-refractivity contribution in [1.82, 2.24) is 10.2 Å². The number of likely N-dealkylation sites (tertiary alicyclic amines) is 1. The van der Waals surface area contributed by atoms with E-state index in [1.165, 1.54) is 0 Å². The SMILES string of the molecule is CCN1CCC(C)(NC(=O)c2cc(Cl)ccc2C)CC1. The summed E-state index contributed by atoms with van der Waals surface area (Å²) in [6, 6.07) is 5.45. The molecule has 1 amide bonds. The average Bonchev–Trinajstić information content (AvgIpc) is 2.42. The van der Waals surface area contributed by atoms with Crippen molar-refractivity contribution < 1.29 is 4.79 Å². The summed E-state index contributed by atoms with van der Waals surface area (Å²) in [5, 5.41) is 3.80. The number of carbonyl (C=O) groups excluding carboxylic acids is 1. The number of nitrogens with one attached hydrogen (secondary N) is 1. The Labute approximate surface area is 126 Å². The maximum atomic E-state index is 12.5. The molecule has 20 heavy (non-hydrogen) atoms. The minimum Gasteiger partial charge on any atom is -0.347 e. The van der Waals surface area contributed by atoms with Gasteiger partial charge in [0.15, 0.2) is 0 Å². The van der Waals surface area contributed by atoms with Crippen LogP contribution in [0.4, 0.5) is 0 Å². The molecule has 1 N–H and O–H groups in total. The van der Waals surface area contributed by atoms with E-state index in [4.69, 9.17) is 11.6 Å². The van der Waals surface area contributed by atoms with Crippen LogP contribution in [0.15, 0.2) is 18.2 Å². The van der Waals surface area contributed by atoms with Gasteiger partial charge in [0.1, 0.15) is 0 Å². The molecule has 0 bridgehead atoms. The Hall–Kier alpha value is -1.06. The molecule has 0 unspecified atom stereocenters. The van der Waals surface area contributed by atoms with Crippen LogP contribution >= 0.6 is 11.6 Å². The van der Waals surface area contributed by atoms with Gasteiger partial charge in [-0.2, -0.15) is 0 Å². The number of aryl methyl sites for hydroxylation is 1. The second-order valence-electron chi connectivity index (χ2n) is 5.91. The minimum absolute atomic E-state index is 0.0163. The summed E-state index contributed by atoms with van der Waals surface area (Å²) in [4.78, 5) is 14.9. The number of halogens is 1. The zero-order chi connectivity index (χ0) is 14.8. The standard InChI is InChI=1S/C16H23ClN2O/c1-4-19-9-7-16(3,8-10-19)18-15(20)14-11-13(17)6-5-12(14)2/h5-6,11H,4,7-10H2,1-3H3,(H,18,20). The van der Waals surface area contributed by atoms with Crippen LogP contribution in [0.3, 0.4) is 0 Å². The molecule has 0 saturated carbocycles. The summed E-state index contributed by atoms with van der Waals surface area (Å²) in [6.45, 7) is 9.42. The predicted octanol–water partition coefficient (Wildman–Crippen LogP) is 3.25. The second kappa shape index (κ2) is 6.15. The summed E-state index contributed by atoms with van der Waals surface area (Å²) in [7, 11) is 0. The topological polar surface area (TPSA) is 32.3 Å². The van der Waals surface area contributed by atoms with Crippen molar-refractivity contribution in [1.29, 1.82) is 0 Å². The van der Waals surface area contributed by atoms with E-state index in [0.29, 0.717) is 10.6 Å². The molecule has 1 fully saturated rings. The van der Waals surface area contributed by atoms with Gasteiger partial charge < -0.3 is 10.2 Å². The minimum atomic E-state index is -0.114. The van der Waals surface area contributed by atoms with Crippen molar-refractivity contribution in [2.24, 2.45) is 0 Å². The number of amides is 1. The van der Waals surface area contributed by atoms with Gasteiger partial charge in [-0.3, -0.25) is 4.79 Å². The van der Waals surface area contributed by atoms with Crippen LogP contribution in [0.25, 0.3) is 0 Å². The number of piperidine rings is 1. The molecule has 110 valence electrons. The number of rotatable bonds is 3. The number of benzene rings is 1. The molecule has 1 aliphatic heterocycles. The van der Waals surface area contributed by atoms with Gasteiger partial charge in [-0.05, 0) is 50.9 Å². The molecule has 1 heterocycles. The van der Waals surface area contributed by atoms with E-state index in [1.807, 2.05) is 19.1 Å². The zero-order valence-corrected chi connectivity index (χ0v) is 13.3. The molecule has 1 saturated heterocycles. The lowest BCUT2D eigenvalue weighted by Crippen LogP contribution is -2.53. The first-order valence-corrected chi connectivity index (χ1v) is 7.62. The maximum Gasteiger partial charge on any atom is 0.252 e. The highest BCUT2D eigenvalue weighted by Crippen LogP contribution is 2.23. The number of nitrogens with zero attached hydrogens (tertiary/aromatic N) is 1. The summed E-state index contributed by atoms with van der Waals surface area (Å²) in [6.07, 6.45) is 1.98. The lowest BCUT2D eigenvalue weighted by molar-refractivity contribution is 0.0838. The Balaban J connectivity index is 2.06. The fourth-order valence-corrected chi connectivity index (χ4v) is 2.84. The first-order valence-electron chi connectivity index (χ1n) is 7.24. The lowest BCUT2D eigenvalue weighted by atomic mass is 9.89. The monoisotopic (exact) mass is 294 g/mol. The Morgan fingerprint density at radius 1 is 1.40 bits per heavy atom. The lowest BCUT2D eigenvalue weighted by Gasteiger charge is -2.39. The van der Waals surface area contributed by atoms with Gasteiger partial charge in [0.2, 0.25) is 0 Å². The Morgan fingerprint density at radius 3 is 2.65 bits per heavy atom.